The Kier molecular flexibility index (Phi) is 6.43. The highest BCUT2D eigenvalue weighted by molar-refractivity contribution is 14.1. The van der Waals surface area contributed by atoms with E-state index in [9.17, 15) is 4.39 Å². The minimum absolute atomic E-state index is 0. The Hall–Kier alpha value is -0.210. The first-order valence-electron chi connectivity index (χ1n) is 6.67. The molecule has 1 aromatic carbocycles. The van der Waals surface area contributed by atoms with Crippen LogP contribution in [0.25, 0.3) is 0 Å². The first kappa shape index (κ1) is 17.1. The van der Waals surface area contributed by atoms with Crippen LogP contribution in [0.1, 0.15) is 17.2 Å². The topological polar surface area (TPSA) is 15.3 Å². The molecule has 6 heteroatoms. The first-order valence-corrected chi connectivity index (χ1v) is 8.69. The van der Waals surface area contributed by atoms with Gasteiger partial charge in [-0.25, -0.2) is 4.39 Å². The maximum absolute atomic E-state index is 14.3. The summed E-state index contributed by atoms with van der Waals surface area (Å²) in [5.74, 6) is -0.111. The van der Waals surface area contributed by atoms with Gasteiger partial charge in [-0.1, -0.05) is 0 Å². The molecule has 0 saturated carbocycles. The van der Waals surface area contributed by atoms with Crippen molar-refractivity contribution in [3.05, 3.63) is 55.5 Å². The largest absolute Gasteiger partial charge is 0.314 e. The molecule has 0 unspecified atom stereocenters. The van der Waals surface area contributed by atoms with Crippen molar-refractivity contribution in [3.8, 4) is 0 Å². The number of piperazine rings is 1. The molecule has 3 rings (SSSR count). The van der Waals surface area contributed by atoms with Crippen LogP contribution in [0.2, 0.25) is 0 Å². The van der Waals surface area contributed by atoms with Gasteiger partial charge in [0.05, 0.1) is 6.04 Å². The summed E-state index contributed by atoms with van der Waals surface area (Å²) in [5, 5.41) is 7.55. The maximum atomic E-state index is 14.3. The Morgan fingerprint density at radius 2 is 2.00 bits per heavy atom. The molecule has 1 aromatic heterocycles. The fourth-order valence-corrected chi connectivity index (χ4v) is 3.88. The van der Waals surface area contributed by atoms with Gasteiger partial charge in [-0.2, -0.15) is 11.3 Å². The number of hydrogen-bond donors (Lipinski definition) is 1. The fraction of sp³-hybridized carbons (Fsp3) is 0.333. The van der Waals surface area contributed by atoms with E-state index >= 15 is 0 Å². The van der Waals surface area contributed by atoms with Gasteiger partial charge in [-0.3, -0.25) is 4.90 Å². The second-order valence-electron chi connectivity index (χ2n) is 4.91. The van der Waals surface area contributed by atoms with Crippen molar-refractivity contribution >= 4 is 46.3 Å². The van der Waals surface area contributed by atoms with Crippen molar-refractivity contribution in [2.45, 2.75) is 6.04 Å². The van der Waals surface area contributed by atoms with Crippen molar-refractivity contribution < 1.29 is 4.39 Å². The zero-order valence-electron chi connectivity index (χ0n) is 11.4. The van der Waals surface area contributed by atoms with Gasteiger partial charge in [0, 0.05) is 35.3 Å². The van der Waals surface area contributed by atoms with Gasteiger partial charge >= 0.3 is 0 Å². The second kappa shape index (κ2) is 7.87. The van der Waals surface area contributed by atoms with Gasteiger partial charge in [-0.15, -0.1) is 12.4 Å². The van der Waals surface area contributed by atoms with E-state index in [4.69, 9.17) is 0 Å². The Morgan fingerprint density at radius 3 is 2.67 bits per heavy atom. The highest BCUT2D eigenvalue weighted by atomic mass is 127. The van der Waals surface area contributed by atoms with Gasteiger partial charge in [0.2, 0.25) is 0 Å². The quantitative estimate of drug-likeness (QED) is 0.731. The monoisotopic (exact) mass is 438 g/mol. The van der Waals surface area contributed by atoms with E-state index in [1.165, 1.54) is 5.56 Å². The number of hydrogen-bond acceptors (Lipinski definition) is 3. The molecule has 0 bridgehead atoms. The van der Waals surface area contributed by atoms with Crippen LogP contribution in [0.15, 0.2) is 35.0 Å². The molecular weight excluding hydrogens is 422 g/mol. The second-order valence-corrected chi connectivity index (χ2v) is 6.94. The molecule has 1 fully saturated rings. The normalized spacial score (nSPS) is 17.2. The van der Waals surface area contributed by atoms with E-state index in [1.807, 2.05) is 12.1 Å². The third-order valence-electron chi connectivity index (χ3n) is 3.63. The van der Waals surface area contributed by atoms with E-state index in [-0.39, 0.29) is 24.3 Å². The zero-order valence-corrected chi connectivity index (χ0v) is 15.2. The van der Waals surface area contributed by atoms with E-state index < -0.39 is 0 Å². The molecule has 2 nitrogen and oxygen atoms in total. The fourth-order valence-electron chi connectivity index (χ4n) is 2.68. The third kappa shape index (κ3) is 3.96. The van der Waals surface area contributed by atoms with Gasteiger partial charge in [0.1, 0.15) is 5.82 Å². The van der Waals surface area contributed by atoms with Crippen molar-refractivity contribution in [2.24, 2.45) is 0 Å². The van der Waals surface area contributed by atoms with Gasteiger partial charge in [-0.05, 0) is 63.2 Å². The van der Waals surface area contributed by atoms with Crippen LogP contribution in [-0.4, -0.2) is 31.1 Å². The molecule has 1 N–H and O–H groups in total. The van der Waals surface area contributed by atoms with Crippen LogP contribution in [0.3, 0.4) is 0 Å². The maximum Gasteiger partial charge on any atom is 0.128 e. The predicted octanol–water partition coefficient (Wildman–Crippen LogP) is 3.91. The lowest BCUT2D eigenvalue weighted by Gasteiger charge is -2.35. The summed E-state index contributed by atoms with van der Waals surface area (Å²) in [5.41, 5.74) is 1.98. The van der Waals surface area contributed by atoms with Crippen LogP contribution < -0.4 is 5.32 Å². The standard InChI is InChI=1S/C15H16FIN2S.ClH/c16-14-2-1-12(17)9-13(14)15(11-3-8-20-10-11)19-6-4-18-5-7-19;/h1-3,8-10,15,18H,4-7H2;1H/t15-;/m1./s1. The molecule has 2 aromatic rings. The van der Waals surface area contributed by atoms with E-state index in [0.29, 0.717) is 0 Å². The van der Waals surface area contributed by atoms with Crippen LogP contribution in [0, 0.1) is 9.39 Å². The van der Waals surface area contributed by atoms with Crippen LogP contribution in [-0.2, 0) is 0 Å². The predicted molar refractivity (Wildman–Crippen MR) is 97.0 cm³/mol. The highest BCUT2D eigenvalue weighted by Crippen LogP contribution is 2.32. The summed E-state index contributed by atoms with van der Waals surface area (Å²) in [6.07, 6.45) is 0. The molecule has 0 amide bonds. The van der Waals surface area contributed by atoms with Gasteiger partial charge in [0.15, 0.2) is 0 Å². The SMILES string of the molecule is Cl.Fc1ccc(I)cc1[C@@H](c1ccsc1)N1CCNCC1. The van der Waals surface area contributed by atoms with Crippen LogP contribution in [0.5, 0.6) is 0 Å². The lowest BCUT2D eigenvalue weighted by Crippen LogP contribution is -2.45. The number of rotatable bonds is 3. The molecule has 1 aliphatic heterocycles. The Bertz CT molecular complexity index is 573. The summed E-state index contributed by atoms with van der Waals surface area (Å²) >= 11 is 3.92. The van der Waals surface area contributed by atoms with Crippen molar-refractivity contribution in [1.82, 2.24) is 10.2 Å². The van der Waals surface area contributed by atoms with Crippen LogP contribution >= 0.6 is 46.3 Å². The Morgan fingerprint density at radius 1 is 1.24 bits per heavy atom. The zero-order chi connectivity index (χ0) is 13.9. The molecule has 1 saturated heterocycles. The number of thiophene rings is 1. The third-order valence-corrected chi connectivity index (χ3v) is 5.00. The van der Waals surface area contributed by atoms with Crippen LogP contribution in [0.4, 0.5) is 4.39 Å². The van der Waals surface area contributed by atoms with Crippen molar-refractivity contribution in [3.63, 3.8) is 0 Å². The van der Waals surface area contributed by atoms with Gasteiger partial charge in [0.25, 0.3) is 0 Å². The summed E-state index contributed by atoms with van der Waals surface area (Å²) in [4.78, 5) is 2.37. The van der Waals surface area contributed by atoms with Crippen molar-refractivity contribution in [1.29, 1.82) is 0 Å². The number of nitrogens with zero attached hydrogens (tertiary/aromatic N) is 1. The number of benzene rings is 1. The summed E-state index contributed by atoms with van der Waals surface area (Å²) < 4.78 is 15.4. The Balaban J connectivity index is 0.00000161. The first-order chi connectivity index (χ1) is 9.75. The van der Waals surface area contributed by atoms with Gasteiger partial charge < -0.3 is 5.32 Å². The lowest BCUT2D eigenvalue weighted by atomic mass is 9.98. The molecular formula is C15H17ClFIN2S. The highest BCUT2D eigenvalue weighted by Gasteiger charge is 2.26. The van der Waals surface area contributed by atoms with E-state index in [0.717, 1.165) is 35.3 Å². The van der Waals surface area contributed by atoms with E-state index in [1.54, 1.807) is 17.4 Å². The molecule has 0 aliphatic carbocycles. The minimum atomic E-state index is -0.111. The number of halogens is 3. The summed E-state index contributed by atoms with van der Waals surface area (Å²) in [6, 6.07) is 7.51. The molecule has 0 radical (unpaired) electrons. The molecule has 1 aliphatic rings. The molecule has 21 heavy (non-hydrogen) atoms. The van der Waals surface area contributed by atoms with Crippen molar-refractivity contribution in [2.75, 3.05) is 26.2 Å². The smallest absolute Gasteiger partial charge is 0.128 e. The lowest BCUT2D eigenvalue weighted by molar-refractivity contribution is 0.195. The number of nitrogens with one attached hydrogen (secondary N) is 1. The van der Waals surface area contributed by atoms with E-state index in [2.05, 4.69) is 49.6 Å². The molecule has 2 heterocycles. The molecule has 114 valence electrons. The minimum Gasteiger partial charge on any atom is -0.314 e. The molecule has 0 spiro atoms. The summed E-state index contributed by atoms with van der Waals surface area (Å²) in [7, 11) is 0. The average Bonchev–Trinajstić information content (AvgIpc) is 2.98. The average molecular weight is 439 g/mol. The summed E-state index contributed by atoms with van der Waals surface area (Å²) in [6.45, 7) is 3.83. The molecule has 1 atom stereocenters. The Labute approximate surface area is 148 Å².